The molecular weight excluding hydrogens is 372 g/mol. The first-order valence-corrected chi connectivity index (χ1v) is 10.2. The van der Waals surface area contributed by atoms with E-state index in [1.807, 2.05) is 4.90 Å². The van der Waals surface area contributed by atoms with E-state index in [-0.39, 0.29) is 23.8 Å². The summed E-state index contributed by atoms with van der Waals surface area (Å²) in [6.45, 7) is 4.83. The predicted molar refractivity (Wildman–Crippen MR) is 108 cm³/mol. The first kappa shape index (κ1) is 19.5. The fourth-order valence-electron chi connectivity index (χ4n) is 4.87. The highest BCUT2D eigenvalue weighted by atomic mass is 16.5. The summed E-state index contributed by atoms with van der Waals surface area (Å²) in [7, 11) is 1.59. The maximum atomic E-state index is 13.4. The first-order chi connectivity index (χ1) is 13.9. The third-order valence-corrected chi connectivity index (χ3v) is 6.50. The molecule has 3 aliphatic heterocycles. The number of carbonyl (C=O) groups is 3. The van der Waals surface area contributed by atoms with Crippen molar-refractivity contribution < 1.29 is 19.1 Å². The predicted octanol–water partition coefficient (Wildman–Crippen LogP) is 1.63. The first-order valence-electron chi connectivity index (χ1n) is 10.2. The van der Waals surface area contributed by atoms with Crippen molar-refractivity contribution >= 4 is 23.5 Å². The van der Waals surface area contributed by atoms with E-state index in [1.165, 1.54) is 0 Å². The van der Waals surface area contributed by atoms with Crippen molar-refractivity contribution in [1.29, 1.82) is 0 Å². The normalized spacial score (nSPS) is 25.9. The lowest BCUT2D eigenvalue weighted by Gasteiger charge is -2.32. The van der Waals surface area contributed by atoms with Crippen molar-refractivity contribution in [2.45, 2.75) is 19.8 Å². The van der Waals surface area contributed by atoms with E-state index in [0.717, 1.165) is 31.7 Å². The van der Waals surface area contributed by atoms with Gasteiger partial charge in [-0.1, -0.05) is 0 Å². The minimum absolute atomic E-state index is 0.0118. The van der Waals surface area contributed by atoms with Crippen LogP contribution in [-0.2, 0) is 9.59 Å². The minimum atomic E-state index is -0.687. The zero-order valence-electron chi connectivity index (χ0n) is 17.0. The van der Waals surface area contributed by atoms with E-state index in [9.17, 15) is 14.4 Å². The molecule has 0 spiro atoms. The second kappa shape index (κ2) is 7.57. The van der Waals surface area contributed by atoms with Gasteiger partial charge in [-0.3, -0.25) is 9.59 Å². The molecule has 8 nitrogen and oxygen atoms in total. The Hall–Kier alpha value is -2.77. The summed E-state index contributed by atoms with van der Waals surface area (Å²) in [5.74, 6) is 0.782. The molecule has 3 fully saturated rings. The number of hydrogen-bond donors (Lipinski definition) is 1. The molecule has 0 saturated carbocycles. The van der Waals surface area contributed by atoms with Crippen molar-refractivity contribution in [1.82, 2.24) is 14.7 Å². The molecule has 0 bridgehead atoms. The van der Waals surface area contributed by atoms with E-state index in [0.29, 0.717) is 31.9 Å². The molecule has 3 saturated heterocycles. The summed E-state index contributed by atoms with van der Waals surface area (Å²) in [6, 6.07) is 6.94. The van der Waals surface area contributed by atoms with E-state index < -0.39 is 5.41 Å². The van der Waals surface area contributed by atoms with Gasteiger partial charge in [0.05, 0.1) is 12.5 Å². The van der Waals surface area contributed by atoms with Crippen LogP contribution in [0.2, 0.25) is 0 Å². The van der Waals surface area contributed by atoms with Gasteiger partial charge in [0.1, 0.15) is 5.75 Å². The number of fused-ring (bicyclic) bond motifs is 1. The Kier molecular flexibility index (Phi) is 5.10. The van der Waals surface area contributed by atoms with Crippen LogP contribution in [0.3, 0.4) is 0 Å². The fourth-order valence-corrected chi connectivity index (χ4v) is 4.87. The van der Waals surface area contributed by atoms with Crippen LogP contribution < -0.4 is 10.1 Å². The zero-order valence-corrected chi connectivity index (χ0v) is 17.0. The maximum absolute atomic E-state index is 13.4. The molecule has 1 aromatic carbocycles. The number of rotatable bonds is 3. The molecule has 1 aromatic rings. The number of urea groups is 1. The smallest absolute Gasteiger partial charge is 0.321 e. The number of methoxy groups -OCH3 is 1. The SMILES string of the molecule is COc1ccc(NC(=O)N2C[C@@H]3CN(C(C)=O)C[C@]3(C(=O)N3CCCC3)C2)cc1. The van der Waals surface area contributed by atoms with Gasteiger partial charge in [0.15, 0.2) is 0 Å². The van der Waals surface area contributed by atoms with Gasteiger partial charge in [0, 0.05) is 57.8 Å². The second-order valence-corrected chi connectivity index (χ2v) is 8.29. The molecule has 156 valence electrons. The number of hydrogen-bond acceptors (Lipinski definition) is 4. The van der Waals surface area contributed by atoms with Crippen molar-refractivity contribution in [3.05, 3.63) is 24.3 Å². The van der Waals surface area contributed by atoms with Crippen molar-refractivity contribution in [2.24, 2.45) is 11.3 Å². The lowest BCUT2D eigenvalue weighted by Crippen LogP contribution is -2.49. The van der Waals surface area contributed by atoms with E-state index in [1.54, 1.807) is 48.1 Å². The summed E-state index contributed by atoms with van der Waals surface area (Å²) < 4.78 is 5.14. The topological polar surface area (TPSA) is 82.2 Å². The average Bonchev–Trinajstić information content (AvgIpc) is 3.42. The Morgan fingerprint density at radius 2 is 1.62 bits per heavy atom. The summed E-state index contributed by atoms with van der Waals surface area (Å²) in [5, 5.41) is 2.91. The number of nitrogens with zero attached hydrogens (tertiary/aromatic N) is 3. The fraction of sp³-hybridized carbons (Fsp3) is 0.571. The van der Waals surface area contributed by atoms with E-state index in [4.69, 9.17) is 4.74 Å². The molecule has 3 aliphatic rings. The highest BCUT2D eigenvalue weighted by Crippen LogP contribution is 2.44. The van der Waals surface area contributed by atoms with Crippen LogP contribution in [-0.4, -0.2) is 78.9 Å². The molecule has 0 unspecified atom stereocenters. The number of nitrogens with one attached hydrogen (secondary N) is 1. The van der Waals surface area contributed by atoms with Gasteiger partial charge in [-0.25, -0.2) is 4.79 Å². The molecule has 4 rings (SSSR count). The van der Waals surface area contributed by atoms with Crippen molar-refractivity contribution in [2.75, 3.05) is 51.7 Å². The van der Waals surface area contributed by atoms with Crippen LogP contribution in [0.25, 0.3) is 0 Å². The van der Waals surface area contributed by atoms with Crippen LogP contribution in [0.5, 0.6) is 5.75 Å². The average molecular weight is 400 g/mol. The number of carbonyl (C=O) groups excluding carboxylic acids is 3. The van der Waals surface area contributed by atoms with Crippen LogP contribution in [0.4, 0.5) is 10.5 Å². The Morgan fingerprint density at radius 1 is 1.00 bits per heavy atom. The number of amides is 4. The summed E-state index contributed by atoms with van der Waals surface area (Å²) >= 11 is 0. The number of anilines is 1. The third kappa shape index (κ3) is 3.52. The van der Waals surface area contributed by atoms with Crippen LogP contribution in [0.15, 0.2) is 24.3 Å². The molecule has 2 atom stereocenters. The molecule has 0 aliphatic carbocycles. The molecule has 3 heterocycles. The van der Waals surface area contributed by atoms with Gasteiger partial charge < -0.3 is 24.8 Å². The molecule has 0 aromatic heterocycles. The summed E-state index contributed by atoms with van der Waals surface area (Å²) in [6.07, 6.45) is 2.04. The molecular formula is C21H28N4O4. The monoisotopic (exact) mass is 400 g/mol. The highest BCUT2D eigenvalue weighted by molar-refractivity contribution is 5.92. The van der Waals surface area contributed by atoms with E-state index in [2.05, 4.69) is 5.32 Å². The van der Waals surface area contributed by atoms with Gasteiger partial charge in [-0.05, 0) is 37.1 Å². The van der Waals surface area contributed by atoms with Gasteiger partial charge in [0.2, 0.25) is 11.8 Å². The van der Waals surface area contributed by atoms with Crippen LogP contribution >= 0.6 is 0 Å². The van der Waals surface area contributed by atoms with Gasteiger partial charge in [0.25, 0.3) is 0 Å². The summed E-state index contributed by atoms with van der Waals surface area (Å²) in [5.41, 5.74) is -0.00841. The second-order valence-electron chi connectivity index (χ2n) is 8.29. The number of benzene rings is 1. The Labute approximate surface area is 170 Å². The highest BCUT2D eigenvalue weighted by Gasteiger charge is 2.59. The third-order valence-electron chi connectivity index (χ3n) is 6.50. The maximum Gasteiger partial charge on any atom is 0.321 e. The van der Waals surface area contributed by atoms with E-state index >= 15 is 0 Å². The van der Waals surface area contributed by atoms with Gasteiger partial charge in [-0.2, -0.15) is 0 Å². The molecule has 1 N–H and O–H groups in total. The van der Waals surface area contributed by atoms with Crippen LogP contribution in [0.1, 0.15) is 19.8 Å². The largest absolute Gasteiger partial charge is 0.497 e. The Morgan fingerprint density at radius 3 is 2.24 bits per heavy atom. The summed E-state index contributed by atoms with van der Waals surface area (Å²) in [4.78, 5) is 43.7. The number of likely N-dealkylation sites (tertiary alicyclic amines) is 3. The van der Waals surface area contributed by atoms with Crippen LogP contribution in [0, 0.1) is 11.3 Å². The van der Waals surface area contributed by atoms with Crippen molar-refractivity contribution in [3.63, 3.8) is 0 Å². The quantitative estimate of drug-likeness (QED) is 0.836. The molecule has 8 heteroatoms. The Bertz CT molecular complexity index is 805. The number of ether oxygens (including phenoxy) is 1. The van der Waals surface area contributed by atoms with Crippen molar-refractivity contribution in [3.8, 4) is 5.75 Å². The standard InChI is InChI=1S/C21H28N4O4/c1-15(26)24-11-16-12-25(20(28)22-17-5-7-18(29-2)8-6-17)14-21(16,13-24)19(27)23-9-3-4-10-23/h5-8,16H,3-4,9-14H2,1-2H3,(H,22,28)/t16-,21-/m0/s1. The van der Waals surface area contributed by atoms with Gasteiger partial charge in [-0.15, -0.1) is 0 Å². The minimum Gasteiger partial charge on any atom is -0.497 e. The lowest BCUT2D eigenvalue weighted by atomic mass is 9.79. The molecule has 0 radical (unpaired) electrons. The van der Waals surface area contributed by atoms with Gasteiger partial charge >= 0.3 is 6.03 Å². The zero-order chi connectivity index (χ0) is 20.6. The lowest BCUT2D eigenvalue weighted by molar-refractivity contribution is -0.141. The molecule has 29 heavy (non-hydrogen) atoms. The molecule has 4 amide bonds. The Balaban J connectivity index is 1.50.